The van der Waals surface area contributed by atoms with Crippen molar-refractivity contribution in [2.45, 2.75) is 61.3 Å². The number of hydrogen-bond acceptors (Lipinski definition) is 5. The van der Waals surface area contributed by atoms with Crippen LogP contribution in [0, 0.1) is 6.92 Å². The number of nitrogens with zero attached hydrogens (tertiary/aromatic N) is 1. The molecule has 1 amide bonds. The molecule has 0 aromatic heterocycles. The van der Waals surface area contributed by atoms with E-state index in [1.165, 1.54) is 36.4 Å². The lowest BCUT2D eigenvalue weighted by molar-refractivity contribution is -0.115. The molecule has 0 radical (unpaired) electrons. The lowest BCUT2D eigenvalue weighted by Gasteiger charge is -2.27. The summed E-state index contributed by atoms with van der Waals surface area (Å²) < 4.78 is 32.7. The van der Waals surface area contributed by atoms with Crippen molar-refractivity contribution in [1.82, 2.24) is 4.31 Å². The molecule has 1 aromatic rings. The summed E-state index contributed by atoms with van der Waals surface area (Å²) >= 11 is 1.73. The number of amides is 1. The van der Waals surface area contributed by atoms with Gasteiger partial charge in [-0.15, -0.1) is 11.8 Å². The van der Waals surface area contributed by atoms with Crippen LogP contribution in [0.25, 0.3) is 0 Å². The van der Waals surface area contributed by atoms with Crippen molar-refractivity contribution in [3.63, 3.8) is 0 Å². The highest BCUT2D eigenvalue weighted by molar-refractivity contribution is 8.01. The molecule has 0 spiro atoms. The molecule has 2 aliphatic rings. The molecule has 0 bridgehead atoms. The van der Waals surface area contributed by atoms with Crippen molar-refractivity contribution < 1.29 is 17.9 Å². The van der Waals surface area contributed by atoms with Crippen LogP contribution in [0.4, 0.5) is 5.69 Å². The molecule has 6 nitrogen and oxygen atoms in total. The smallest absolute Gasteiger partial charge is 0.243 e. The third kappa shape index (κ3) is 5.28. The number of benzene rings is 1. The van der Waals surface area contributed by atoms with Crippen molar-refractivity contribution in [3.8, 4) is 0 Å². The largest absolute Gasteiger partial charge is 0.379 e. The van der Waals surface area contributed by atoms with E-state index in [0.29, 0.717) is 42.8 Å². The Morgan fingerprint density at radius 3 is 2.57 bits per heavy atom. The Morgan fingerprint density at radius 1 is 1.21 bits per heavy atom. The molecule has 3 rings (SSSR count). The van der Waals surface area contributed by atoms with Gasteiger partial charge in [0.1, 0.15) is 0 Å². The first-order chi connectivity index (χ1) is 13.4. The molecule has 28 heavy (non-hydrogen) atoms. The van der Waals surface area contributed by atoms with Crippen molar-refractivity contribution in [2.24, 2.45) is 0 Å². The average molecular weight is 427 g/mol. The van der Waals surface area contributed by atoms with Gasteiger partial charge in [-0.1, -0.05) is 25.3 Å². The molecule has 1 saturated heterocycles. The van der Waals surface area contributed by atoms with Gasteiger partial charge in [0.2, 0.25) is 15.9 Å². The molecule has 0 unspecified atom stereocenters. The first-order valence-corrected chi connectivity index (χ1v) is 12.4. The molecule has 156 valence electrons. The van der Waals surface area contributed by atoms with E-state index < -0.39 is 10.0 Å². The second-order valence-electron chi connectivity index (χ2n) is 7.52. The topological polar surface area (TPSA) is 75.7 Å². The van der Waals surface area contributed by atoms with Crippen molar-refractivity contribution in [2.75, 3.05) is 31.6 Å². The summed E-state index contributed by atoms with van der Waals surface area (Å²) in [5, 5.41) is 3.29. The lowest BCUT2D eigenvalue weighted by Crippen LogP contribution is -2.40. The van der Waals surface area contributed by atoms with Gasteiger partial charge in [0, 0.05) is 24.0 Å². The molecular weight excluding hydrogens is 396 g/mol. The number of morpholine rings is 1. The van der Waals surface area contributed by atoms with Crippen LogP contribution in [-0.2, 0) is 19.6 Å². The predicted octanol–water partition coefficient (Wildman–Crippen LogP) is 3.41. The van der Waals surface area contributed by atoms with Crippen LogP contribution < -0.4 is 5.32 Å². The Morgan fingerprint density at radius 2 is 1.89 bits per heavy atom. The van der Waals surface area contributed by atoms with Gasteiger partial charge in [0.25, 0.3) is 0 Å². The first kappa shape index (κ1) is 21.6. The number of carbonyl (C=O) groups is 1. The van der Waals surface area contributed by atoms with Gasteiger partial charge in [-0.25, -0.2) is 8.42 Å². The van der Waals surface area contributed by atoms with E-state index in [-0.39, 0.29) is 16.1 Å². The number of carbonyl (C=O) groups excluding carboxylic acids is 1. The monoisotopic (exact) mass is 426 g/mol. The number of sulfonamides is 1. The summed E-state index contributed by atoms with van der Waals surface area (Å²) in [6.07, 6.45) is 6.13. The van der Waals surface area contributed by atoms with Crippen LogP contribution in [-0.4, -0.2) is 55.4 Å². The third-order valence-corrected chi connectivity index (χ3v) is 8.88. The van der Waals surface area contributed by atoms with Crippen LogP contribution in [0.5, 0.6) is 0 Å². The van der Waals surface area contributed by atoms with Gasteiger partial charge in [0.15, 0.2) is 0 Å². The number of ether oxygens (including phenoxy) is 1. The predicted molar refractivity (Wildman–Crippen MR) is 113 cm³/mol. The molecule has 1 aliphatic carbocycles. The van der Waals surface area contributed by atoms with Crippen LogP contribution in [0.2, 0.25) is 0 Å². The Hall–Kier alpha value is -1.09. The number of aryl methyl sites for hydroxylation is 1. The van der Waals surface area contributed by atoms with E-state index in [4.69, 9.17) is 4.74 Å². The maximum Gasteiger partial charge on any atom is 0.243 e. The minimum absolute atomic E-state index is 0.0749. The summed E-state index contributed by atoms with van der Waals surface area (Å²) in [7, 11) is -3.60. The van der Waals surface area contributed by atoms with Crippen LogP contribution in [0.1, 0.15) is 44.6 Å². The molecule has 2 fully saturated rings. The molecule has 1 aromatic carbocycles. The van der Waals surface area contributed by atoms with E-state index in [1.54, 1.807) is 36.9 Å². The van der Waals surface area contributed by atoms with Gasteiger partial charge < -0.3 is 10.1 Å². The zero-order chi connectivity index (χ0) is 20.1. The van der Waals surface area contributed by atoms with Crippen molar-refractivity contribution in [3.05, 3.63) is 23.8 Å². The van der Waals surface area contributed by atoms with Crippen LogP contribution in [0.15, 0.2) is 23.1 Å². The number of hydrogen-bond donors (Lipinski definition) is 1. The number of anilines is 1. The minimum Gasteiger partial charge on any atom is -0.379 e. The van der Waals surface area contributed by atoms with Gasteiger partial charge in [0.05, 0.1) is 23.4 Å². The van der Waals surface area contributed by atoms with E-state index in [2.05, 4.69) is 5.32 Å². The SMILES string of the molecule is Cc1ccc(NC(=O)[C@@H](C)SC2CCCCC2)cc1S(=O)(=O)N1CCOCC1. The Kier molecular flexibility index (Phi) is 7.42. The normalized spacial score (nSPS) is 20.6. The van der Waals surface area contributed by atoms with Crippen molar-refractivity contribution in [1.29, 1.82) is 0 Å². The quantitative estimate of drug-likeness (QED) is 0.754. The summed E-state index contributed by atoms with van der Waals surface area (Å²) in [5.74, 6) is -0.0749. The molecule has 1 N–H and O–H groups in total. The Bertz CT molecular complexity index is 785. The second-order valence-corrected chi connectivity index (χ2v) is 11.1. The van der Waals surface area contributed by atoms with Gasteiger partial charge in [-0.3, -0.25) is 4.79 Å². The summed E-state index contributed by atoms with van der Waals surface area (Å²) in [6, 6.07) is 5.10. The van der Waals surface area contributed by atoms with Crippen LogP contribution >= 0.6 is 11.8 Å². The third-order valence-electron chi connectivity index (χ3n) is 5.36. The zero-order valence-electron chi connectivity index (χ0n) is 16.6. The summed E-state index contributed by atoms with van der Waals surface area (Å²) in [4.78, 5) is 12.9. The molecule has 8 heteroatoms. The fourth-order valence-corrected chi connectivity index (χ4v) is 6.70. The maximum atomic E-state index is 13.0. The Labute approximate surface area is 172 Å². The standard InChI is InChI=1S/C20H30N2O4S2/c1-15-8-9-17(14-19(15)28(24,25)22-10-12-26-13-11-22)21-20(23)16(2)27-18-6-4-3-5-7-18/h8-9,14,16,18H,3-7,10-13H2,1-2H3,(H,21,23)/t16-/m1/s1. The fraction of sp³-hybridized carbons (Fsp3) is 0.650. The van der Waals surface area contributed by atoms with E-state index in [1.807, 2.05) is 6.92 Å². The first-order valence-electron chi connectivity index (χ1n) is 10.0. The fourth-order valence-electron chi connectivity index (χ4n) is 3.68. The second kappa shape index (κ2) is 9.61. The molecule has 1 saturated carbocycles. The molecule has 1 aliphatic heterocycles. The highest BCUT2D eigenvalue weighted by atomic mass is 32.2. The van der Waals surface area contributed by atoms with Gasteiger partial charge in [-0.05, 0) is 44.4 Å². The number of nitrogens with one attached hydrogen (secondary N) is 1. The van der Waals surface area contributed by atoms with Gasteiger partial charge >= 0.3 is 0 Å². The Balaban J connectivity index is 1.69. The number of thioether (sulfide) groups is 1. The number of rotatable bonds is 6. The summed E-state index contributed by atoms with van der Waals surface area (Å²) in [6.45, 7) is 5.23. The summed E-state index contributed by atoms with van der Waals surface area (Å²) in [5.41, 5.74) is 1.20. The van der Waals surface area contributed by atoms with E-state index in [9.17, 15) is 13.2 Å². The molecule has 1 heterocycles. The average Bonchev–Trinajstić information content (AvgIpc) is 2.70. The van der Waals surface area contributed by atoms with Gasteiger partial charge in [-0.2, -0.15) is 4.31 Å². The van der Waals surface area contributed by atoms with E-state index >= 15 is 0 Å². The minimum atomic E-state index is -3.60. The van der Waals surface area contributed by atoms with E-state index in [0.717, 1.165) is 0 Å². The molecular formula is C20H30N2O4S2. The highest BCUT2D eigenvalue weighted by Crippen LogP contribution is 2.32. The lowest BCUT2D eigenvalue weighted by atomic mass is 10.0. The molecule has 1 atom stereocenters. The highest BCUT2D eigenvalue weighted by Gasteiger charge is 2.28. The maximum absolute atomic E-state index is 13.0. The van der Waals surface area contributed by atoms with Crippen LogP contribution in [0.3, 0.4) is 0 Å². The van der Waals surface area contributed by atoms with Crippen molar-refractivity contribution >= 4 is 33.4 Å². The zero-order valence-corrected chi connectivity index (χ0v) is 18.3.